The monoisotopic (exact) mass is 378 g/mol. The molecule has 0 aliphatic rings. The van der Waals surface area contributed by atoms with E-state index in [-0.39, 0.29) is 0 Å². The standard InChI is InChI=1S/C24H34N4/c1-3-5-15-27-23-13-9-7-11-21(23)19-25-17-18-26-20-22-12-8-10-14-24(22)28-16-6-4-2/h7-14,19-20,27-28H,3-6,15-18H2,1-2H3. The Bertz CT molecular complexity index is 673. The van der Waals surface area contributed by atoms with Gasteiger partial charge >= 0.3 is 0 Å². The van der Waals surface area contributed by atoms with Crippen molar-refractivity contribution in [2.24, 2.45) is 9.98 Å². The van der Waals surface area contributed by atoms with Crippen LogP contribution < -0.4 is 10.6 Å². The lowest BCUT2D eigenvalue weighted by Gasteiger charge is -2.08. The summed E-state index contributed by atoms with van der Waals surface area (Å²) in [6, 6.07) is 16.6. The van der Waals surface area contributed by atoms with E-state index in [1.807, 2.05) is 24.6 Å². The Hall–Kier alpha value is -2.62. The molecule has 0 heterocycles. The first kappa shape index (κ1) is 21.7. The van der Waals surface area contributed by atoms with Gasteiger partial charge in [-0.3, -0.25) is 9.98 Å². The van der Waals surface area contributed by atoms with Gasteiger partial charge in [0.2, 0.25) is 0 Å². The molecule has 0 saturated carbocycles. The van der Waals surface area contributed by atoms with Gasteiger partial charge in [-0.05, 0) is 25.0 Å². The molecule has 2 aromatic carbocycles. The summed E-state index contributed by atoms with van der Waals surface area (Å²) in [5.74, 6) is 0. The first-order valence-electron chi connectivity index (χ1n) is 10.5. The highest BCUT2D eigenvalue weighted by Gasteiger charge is 1.99. The molecule has 4 nitrogen and oxygen atoms in total. The van der Waals surface area contributed by atoms with Gasteiger partial charge in [-0.25, -0.2) is 0 Å². The zero-order valence-electron chi connectivity index (χ0n) is 17.3. The van der Waals surface area contributed by atoms with Crippen LogP contribution in [0.2, 0.25) is 0 Å². The van der Waals surface area contributed by atoms with Crippen molar-refractivity contribution in [2.75, 3.05) is 36.8 Å². The number of unbranched alkanes of at least 4 members (excludes halogenated alkanes) is 2. The third kappa shape index (κ3) is 7.95. The van der Waals surface area contributed by atoms with E-state index in [4.69, 9.17) is 0 Å². The van der Waals surface area contributed by atoms with Crippen molar-refractivity contribution < 1.29 is 0 Å². The van der Waals surface area contributed by atoms with E-state index in [9.17, 15) is 0 Å². The van der Waals surface area contributed by atoms with Crippen LogP contribution in [0.4, 0.5) is 11.4 Å². The van der Waals surface area contributed by atoms with Gasteiger partial charge in [0.25, 0.3) is 0 Å². The zero-order valence-corrected chi connectivity index (χ0v) is 17.3. The molecule has 0 aliphatic carbocycles. The molecule has 0 radical (unpaired) electrons. The number of rotatable bonds is 13. The van der Waals surface area contributed by atoms with Gasteiger partial charge in [-0.2, -0.15) is 0 Å². The van der Waals surface area contributed by atoms with Crippen molar-refractivity contribution in [3.63, 3.8) is 0 Å². The summed E-state index contributed by atoms with van der Waals surface area (Å²) in [7, 11) is 0. The first-order valence-corrected chi connectivity index (χ1v) is 10.5. The highest BCUT2D eigenvalue weighted by molar-refractivity contribution is 5.88. The van der Waals surface area contributed by atoms with Gasteiger partial charge in [0.1, 0.15) is 0 Å². The van der Waals surface area contributed by atoms with Crippen LogP contribution in [0.25, 0.3) is 0 Å². The van der Waals surface area contributed by atoms with E-state index in [0.717, 1.165) is 35.6 Å². The number of aliphatic imine (C=N–C) groups is 2. The summed E-state index contributed by atoms with van der Waals surface area (Å²) in [5, 5.41) is 6.97. The molecule has 0 aliphatic heterocycles. The molecule has 0 bridgehead atoms. The van der Waals surface area contributed by atoms with Crippen LogP contribution in [-0.2, 0) is 0 Å². The van der Waals surface area contributed by atoms with Gasteiger partial charge in [-0.15, -0.1) is 0 Å². The molecule has 0 saturated heterocycles. The Morgan fingerprint density at radius 2 is 1.11 bits per heavy atom. The highest BCUT2D eigenvalue weighted by atomic mass is 14.9. The SMILES string of the molecule is CCCCNc1ccccc1C=NCCN=Cc1ccccc1NCCCC. The maximum absolute atomic E-state index is 4.55. The van der Waals surface area contributed by atoms with E-state index >= 15 is 0 Å². The van der Waals surface area contributed by atoms with E-state index < -0.39 is 0 Å². The van der Waals surface area contributed by atoms with Crippen molar-refractivity contribution in [2.45, 2.75) is 39.5 Å². The van der Waals surface area contributed by atoms with Crippen molar-refractivity contribution in [1.82, 2.24) is 0 Å². The Morgan fingerprint density at radius 3 is 1.54 bits per heavy atom. The van der Waals surface area contributed by atoms with Crippen molar-refractivity contribution in [3.05, 3.63) is 59.7 Å². The number of anilines is 2. The van der Waals surface area contributed by atoms with Gasteiger partial charge in [0, 0.05) is 48.0 Å². The van der Waals surface area contributed by atoms with E-state index in [2.05, 4.69) is 70.9 Å². The van der Waals surface area contributed by atoms with Crippen LogP contribution >= 0.6 is 0 Å². The fourth-order valence-electron chi connectivity index (χ4n) is 2.78. The van der Waals surface area contributed by atoms with E-state index in [0.29, 0.717) is 13.1 Å². The third-order valence-electron chi connectivity index (χ3n) is 4.43. The first-order chi connectivity index (χ1) is 13.8. The number of nitrogens with zero attached hydrogens (tertiary/aromatic N) is 2. The average Bonchev–Trinajstić information content (AvgIpc) is 2.73. The van der Waals surface area contributed by atoms with Crippen LogP contribution in [0.3, 0.4) is 0 Å². The van der Waals surface area contributed by atoms with Crippen LogP contribution in [0.1, 0.15) is 50.7 Å². The molecule has 2 aromatic rings. The second-order valence-corrected chi connectivity index (χ2v) is 6.81. The van der Waals surface area contributed by atoms with Gasteiger partial charge in [-0.1, -0.05) is 63.1 Å². The lowest BCUT2D eigenvalue weighted by Crippen LogP contribution is -2.04. The summed E-state index contributed by atoms with van der Waals surface area (Å²) in [5.41, 5.74) is 4.56. The summed E-state index contributed by atoms with van der Waals surface area (Å²) in [6.45, 7) is 7.77. The van der Waals surface area contributed by atoms with Crippen LogP contribution in [0, 0.1) is 0 Å². The molecule has 0 fully saturated rings. The molecule has 28 heavy (non-hydrogen) atoms. The predicted octanol–water partition coefficient (Wildman–Crippen LogP) is 5.65. The van der Waals surface area contributed by atoms with Crippen LogP contribution in [0.5, 0.6) is 0 Å². The molecule has 0 amide bonds. The topological polar surface area (TPSA) is 48.8 Å². The molecule has 0 atom stereocenters. The maximum Gasteiger partial charge on any atom is 0.0585 e. The Morgan fingerprint density at radius 1 is 0.679 bits per heavy atom. The predicted molar refractivity (Wildman–Crippen MR) is 125 cm³/mol. The molecule has 0 spiro atoms. The van der Waals surface area contributed by atoms with Crippen LogP contribution in [0.15, 0.2) is 58.5 Å². The van der Waals surface area contributed by atoms with E-state index in [1.54, 1.807) is 0 Å². The lowest BCUT2D eigenvalue weighted by atomic mass is 10.2. The Kier molecular flexibility index (Phi) is 10.5. The minimum Gasteiger partial charge on any atom is -0.385 e. The average molecular weight is 379 g/mol. The summed E-state index contributed by atoms with van der Waals surface area (Å²) in [4.78, 5) is 9.10. The van der Waals surface area contributed by atoms with E-state index in [1.165, 1.54) is 25.7 Å². The molecule has 150 valence electrons. The van der Waals surface area contributed by atoms with Crippen molar-refractivity contribution in [3.8, 4) is 0 Å². The Balaban J connectivity index is 1.83. The largest absolute Gasteiger partial charge is 0.385 e. The zero-order chi connectivity index (χ0) is 19.9. The lowest BCUT2D eigenvalue weighted by molar-refractivity contribution is 0.834. The molecule has 2 N–H and O–H groups in total. The second kappa shape index (κ2) is 13.5. The number of hydrogen-bond acceptors (Lipinski definition) is 4. The number of nitrogens with one attached hydrogen (secondary N) is 2. The van der Waals surface area contributed by atoms with Gasteiger partial charge in [0.05, 0.1) is 13.1 Å². The minimum atomic E-state index is 0.686. The fraction of sp³-hybridized carbons (Fsp3) is 0.417. The summed E-state index contributed by atoms with van der Waals surface area (Å²) < 4.78 is 0. The maximum atomic E-state index is 4.55. The van der Waals surface area contributed by atoms with Crippen molar-refractivity contribution in [1.29, 1.82) is 0 Å². The van der Waals surface area contributed by atoms with Crippen molar-refractivity contribution >= 4 is 23.8 Å². The molecular weight excluding hydrogens is 344 g/mol. The summed E-state index contributed by atoms with van der Waals surface area (Å²) in [6.07, 6.45) is 8.63. The number of benzene rings is 2. The number of hydrogen-bond donors (Lipinski definition) is 2. The molecule has 0 aromatic heterocycles. The normalized spacial score (nSPS) is 11.4. The molecule has 4 heteroatoms. The number of para-hydroxylation sites is 2. The third-order valence-corrected chi connectivity index (χ3v) is 4.43. The molecule has 0 unspecified atom stereocenters. The summed E-state index contributed by atoms with van der Waals surface area (Å²) >= 11 is 0. The fourth-order valence-corrected chi connectivity index (χ4v) is 2.78. The van der Waals surface area contributed by atoms with Gasteiger partial charge < -0.3 is 10.6 Å². The smallest absolute Gasteiger partial charge is 0.0585 e. The highest BCUT2D eigenvalue weighted by Crippen LogP contribution is 2.14. The quantitative estimate of drug-likeness (QED) is 0.349. The second-order valence-electron chi connectivity index (χ2n) is 6.81. The Labute approximate surface area is 170 Å². The van der Waals surface area contributed by atoms with Gasteiger partial charge in [0.15, 0.2) is 0 Å². The minimum absolute atomic E-state index is 0.686. The van der Waals surface area contributed by atoms with Crippen LogP contribution in [-0.4, -0.2) is 38.6 Å². The molecular formula is C24H34N4. The molecule has 2 rings (SSSR count).